The van der Waals surface area contributed by atoms with E-state index in [1.54, 1.807) is 30.6 Å². The Kier molecular flexibility index (Phi) is 3.83. The lowest BCUT2D eigenvalue weighted by molar-refractivity contribution is 0.302. The topological polar surface area (TPSA) is 70.0 Å². The van der Waals surface area contributed by atoms with Crippen molar-refractivity contribution in [1.29, 1.82) is 0 Å². The average Bonchev–Trinajstić information content (AvgIpc) is 3.01. The molecule has 0 radical (unpaired) electrons. The highest BCUT2D eigenvalue weighted by atomic mass is 19.1. The second-order valence-corrected chi connectivity index (χ2v) is 6.22. The summed E-state index contributed by atoms with van der Waals surface area (Å²) >= 11 is 0. The molecule has 1 aromatic carbocycles. The number of benzene rings is 1. The van der Waals surface area contributed by atoms with Crippen molar-refractivity contribution in [1.82, 2.24) is 14.3 Å². The predicted octanol–water partition coefficient (Wildman–Crippen LogP) is 2.58. The standard InChI is InChI=1S/C18H16FN3O3/c19-13-4-1-3-12(9-13)16-10-15(25-20-16)11-21-7-8-22(14-5-2-6-14)18(24)17(21)23/h1,3-4,7-10,14H,2,5-6,11H2. The van der Waals surface area contributed by atoms with Crippen molar-refractivity contribution in [3.8, 4) is 11.3 Å². The first-order chi connectivity index (χ1) is 12.1. The Balaban J connectivity index is 1.60. The molecule has 25 heavy (non-hydrogen) atoms. The van der Waals surface area contributed by atoms with E-state index in [1.807, 2.05) is 0 Å². The monoisotopic (exact) mass is 341 g/mol. The van der Waals surface area contributed by atoms with Crippen LogP contribution in [-0.2, 0) is 6.54 Å². The number of nitrogens with zero attached hydrogens (tertiary/aromatic N) is 3. The average molecular weight is 341 g/mol. The fourth-order valence-electron chi connectivity index (χ4n) is 2.94. The number of hydrogen-bond acceptors (Lipinski definition) is 4. The van der Waals surface area contributed by atoms with Gasteiger partial charge in [-0.15, -0.1) is 0 Å². The van der Waals surface area contributed by atoms with Gasteiger partial charge in [-0.1, -0.05) is 17.3 Å². The molecular formula is C18H16FN3O3. The van der Waals surface area contributed by atoms with Crippen LogP contribution < -0.4 is 11.1 Å². The van der Waals surface area contributed by atoms with Crippen molar-refractivity contribution < 1.29 is 8.91 Å². The Morgan fingerprint density at radius 3 is 2.72 bits per heavy atom. The molecule has 7 heteroatoms. The van der Waals surface area contributed by atoms with Gasteiger partial charge in [-0.25, -0.2) is 4.39 Å². The summed E-state index contributed by atoms with van der Waals surface area (Å²) in [5.74, 6) is 0.0556. The normalized spacial score (nSPS) is 14.4. The van der Waals surface area contributed by atoms with Gasteiger partial charge in [-0.3, -0.25) is 9.59 Å². The van der Waals surface area contributed by atoms with E-state index in [-0.39, 0.29) is 18.4 Å². The summed E-state index contributed by atoms with van der Waals surface area (Å²) in [4.78, 5) is 24.5. The molecule has 128 valence electrons. The van der Waals surface area contributed by atoms with Crippen molar-refractivity contribution >= 4 is 0 Å². The van der Waals surface area contributed by atoms with Gasteiger partial charge in [0.15, 0.2) is 5.76 Å². The molecule has 3 aromatic rings. The fraction of sp³-hybridized carbons (Fsp3) is 0.278. The van der Waals surface area contributed by atoms with Crippen LogP contribution in [0.5, 0.6) is 0 Å². The number of halogens is 1. The van der Waals surface area contributed by atoms with Gasteiger partial charge < -0.3 is 13.7 Å². The Hall–Kier alpha value is -2.96. The first-order valence-corrected chi connectivity index (χ1v) is 8.15. The summed E-state index contributed by atoms with van der Waals surface area (Å²) in [6, 6.07) is 7.79. The summed E-state index contributed by atoms with van der Waals surface area (Å²) in [6.45, 7) is 0.0991. The minimum atomic E-state index is -0.585. The van der Waals surface area contributed by atoms with Gasteiger partial charge in [-0.2, -0.15) is 0 Å². The van der Waals surface area contributed by atoms with Crippen LogP contribution in [0.1, 0.15) is 31.1 Å². The highest BCUT2D eigenvalue weighted by Gasteiger charge is 2.21. The van der Waals surface area contributed by atoms with Crippen LogP contribution in [0.15, 0.2) is 56.8 Å². The molecular weight excluding hydrogens is 325 g/mol. The van der Waals surface area contributed by atoms with E-state index in [9.17, 15) is 14.0 Å². The molecule has 0 unspecified atom stereocenters. The molecule has 1 aliphatic carbocycles. The second-order valence-electron chi connectivity index (χ2n) is 6.22. The molecule has 4 rings (SSSR count). The molecule has 6 nitrogen and oxygen atoms in total. The van der Waals surface area contributed by atoms with E-state index in [2.05, 4.69) is 5.16 Å². The lowest BCUT2D eigenvalue weighted by Gasteiger charge is -2.27. The SMILES string of the molecule is O=c1c(=O)n(C2CCC2)ccn1Cc1cc(-c2cccc(F)c2)no1. The fourth-order valence-corrected chi connectivity index (χ4v) is 2.94. The summed E-state index contributed by atoms with van der Waals surface area (Å²) in [5.41, 5.74) is -0.0386. The third-order valence-electron chi connectivity index (χ3n) is 4.56. The zero-order chi connectivity index (χ0) is 17.4. The Morgan fingerprint density at radius 2 is 2.00 bits per heavy atom. The second kappa shape index (κ2) is 6.16. The van der Waals surface area contributed by atoms with Gasteiger partial charge in [0.1, 0.15) is 11.5 Å². The lowest BCUT2D eigenvalue weighted by atomic mass is 9.93. The van der Waals surface area contributed by atoms with Crippen molar-refractivity contribution in [3.63, 3.8) is 0 Å². The van der Waals surface area contributed by atoms with Gasteiger partial charge in [-0.05, 0) is 31.4 Å². The van der Waals surface area contributed by atoms with Gasteiger partial charge >= 0.3 is 11.1 Å². The largest absolute Gasteiger partial charge is 0.359 e. The smallest absolute Gasteiger partial charge is 0.316 e. The van der Waals surface area contributed by atoms with E-state index in [4.69, 9.17) is 4.52 Å². The van der Waals surface area contributed by atoms with Crippen molar-refractivity contribution in [2.75, 3.05) is 0 Å². The number of rotatable bonds is 4. The summed E-state index contributed by atoms with van der Waals surface area (Å²) < 4.78 is 21.3. The maximum absolute atomic E-state index is 13.3. The van der Waals surface area contributed by atoms with Gasteiger partial charge in [0.05, 0.1) is 6.54 Å². The summed E-state index contributed by atoms with van der Waals surface area (Å²) in [7, 11) is 0. The molecule has 0 N–H and O–H groups in total. The maximum Gasteiger partial charge on any atom is 0.316 e. The molecule has 1 saturated carbocycles. The first kappa shape index (κ1) is 15.6. The van der Waals surface area contributed by atoms with Crippen LogP contribution in [0.4, 0.5) is 4.39 Å². The molecule has 0 amide bonds. The van der Waals surface area contributed by atoms with E-state index in [0.717, 1.165) is 19.3 Å². The third-order valence-corrected chi connectivity index (χ3v) is 4.56. The van der Waals surface area contributed by atoms with E-state index in [0.29, 0.717) is 17.0 Å². The third kappa shape index (κ3) is 2.93. The van der Waals surface area contributed by atoms with Gasteiger partial charge in [0.2, 0.25) is 0 Å². The Labute approximate surface area is 142 Å². The van der Waals surface area contributed by atoms with Crippen molar-refractivity contribution in [2.45, 2.75) is 31.8 Å². The molecule has 2 heterocycles. The van der Waals surface area contributed by atoms with E-state index >= 15 is 0 Å². The number of aromatic nitrogens is 3. The highest BCUT2D eigenvalue weighted by molar-refractivity contribution is 5.58. The zero-order valence-corrected chi connectivity index (χ0v) is 13.4. The van der Waals surface area contributed by atoms with Gasteiger partial charge in [0, 0.05) is 30.1 Å². The van der Waals surface area contributed by atoms with E-state index < -0.39 is 11.1 Å². The lowest BCUT2D eigenvalue weighted by Crippen LogP contribution is -2.43. The van der Waals surface area contributed by atoms with Crippen molar-refractivity contribution in [3.05, 3.63) is 75.0 Å². The molecule has 2 aromatic heterocycles. The van der Waals surface area contributed by atoms with Crippen LogP contribution in [-0.4, -0.2) is 14.3 Å². The Bertz CT molecular complexity index is 1030. The molecule has 0 saturated heterocycles. The molecule has 1 aliphatic rings. The minimum absolute atomic E-state index is 0.0991. The quantitative estimate of drug-likeness (QED) is 0.684. The van der Waals surface area contributed by atoms with Crippen LogP contribution in [0.2, 0.25) is 0 Å². The Morgan fingerprint density at radius 1 is 1.16 bits per heavy atom. The predicted molar refractivity (Wildman–Crippen MR) is 88.8 cm³/mol. The summed E-state index contributed by atoms with van der Waals surface area (Å²) in [5, 5.41) is 3.90. The first-order valence-electron chi connectivity index (χ1n) is 8.15. The van der Waals surface area contributed by atoms with Crippen LogP contribution in [0.25, 0.3) is 11.3 Å². The zero-order valence-electron chi connectivity index (χ0n) is 13.4. The molecule has 0 spiro atoms. The van der Waals surface area contributed by atoms with Crippen molar-refractivity contribution in [2.24, 2.45) is 0 Å². The highest BCUT2D eigenvalue weighted by Crippen LogP contribution is 2.29. The molecule has 1 fully saturated rings. The molecule has 0 atom stereocenters. The van der Waals surface area contributed by atoms with Crippen LogP contribution >= 0.6 is 0 Å². The van der Waals surface area contributed by atoms with Crippen LogP contribution in [0, 0.1) is 5.82 Å². The van der Waals surface area contributed by atoms with E-state index in [1.165, 1.54) is 21.3 Å². The molecule has 0 aliphatic heterocycles. The van der Waals surface area contributed by atoms with Crippen LogP contribution in [0.3, 0.4) is 0 Å². The summed E-state index contributed by atoms with van der Waals surface area (Å²) in [6.07, 6.45) is 6.19. The minimum Gasteiger partial charge on any atom is -0.359 e. The number of hydrogen-bond donors (Lipinski definition) is 0. The van der Waals surface area contributed by atoms with Gasteiger partial charge in [0.25, 0.3) is 0 Å². The maximum atomic E-state index is 13.3. The molecule has 0 bridgehead atoms.